The van der Waals surface area contributed by atoms with Crippen molar-refractivity contribution in [2.75, 3.05) is 13.7 Å². The molecule has 0 aliphatic carbocycles. The zero-order valence-corrected chi connectivity index (χ0v) is 19.0. The lowest BCUT2D eigenvalue weighted by molar-refractivity contribution is -0.143. The van der Waals surface area contributed by atoms with E-state index >= 15 is 0 Å². The second kappa shape index (κ2) is 17.8. The van der Waals surface area contributed by atoms with Gasteiger partial charge in [0.15, 0.2) is 0 Å². The Morgan fingerprint density at radius 2 is 1.40 bits per heavy atom. The third-order valence-corrected chi connectivity index (χ3v) is 5.19. The molecule has 0 heterocycles. The minimum Gasteiger partial charge on any atom is -0.497 e. The van der Waals surface area contributed by atoms with E-state index in [-0.39, 0.29) is 11.9 Å². The molecule has 5 nitrogen and oxygen atoms in total. The van der Waals surface area contributed by atoms with Gasteiger partial charge in [-0.05, 0) is 30.5 Å². The van der Waals surface area contributed by atoms with Crippen molar-refractivity contribution < 1.29 is 19.1 Å². The number of esters is 1. The summed E-state index contributed by atoms with van der Waals surface area (Å²) in [6.45, 7) is 3.22. The van der Waals surface area contributed by atoms with Crippen LogP contribution >= 0.6 is 0 Å². The topological polar surface area (TPSA) is 64.6 Å². The van der Waals surface area contributed by atoms with E-state index < -0.39 is 0 Å². The first-order valence-corrected chi connectivity index (χ1v) is 11.7. The van der Waals surface area contributed by atoms with Crippen LogP contribution in [0.3, 0.4) is 0 Å². The molecule has 0 fully saturated rings. The van der Waals surface area contributed by atoms with Gasteiger partial charge in [0.1, 0.15) is 5.75 Å². The van der Waals surface area contributed by atoms with E-state index in [2.05, 4.69) is 12.2 Å². The van der Waals surface area contributed by atoms with Crippen LogP contribution in [0.15, 0.2) is 24.3 Å². The molecule has 5 heteroatoms. The SMILES string of the molecule is CCCCCCCCCCCCOC(=O)CCCC(=O)NCc1ccc(OC)cc1. The molecule has 170 valence electrons. The van der Waals surface area contributed by atoms with Crippen LogP contribution in [0.2, 0.25) is 0 Å². The number of hydrogen-bond donors (Lipinski definition) is 1. The van der Waals surface area contributed by atoms with Crippen LogP contribution in [0.5, 0.6) is 5.75 Å². The molecule has 1 N–H and O–H groups in total. The van der Waals surface area contributed by atoms with Gasteiger partial charge in [-0.25, -0.2) is 0 Å². The molecule has 0 saturated heterocycles. The van der Waals surface area contributed by atoms with Gasteiger partial charge in [-0.2, -0.15) is 0 Å². The molecule has 1 rings (SSSR count). The van der Waals surface area contributed by atoms with Crippen molar-refractivity contribution in [1.29, 1.82) is 0 Å². The Kier molecular flexibility index (Phi) is 15.4. The number of benzene rings is 1. The van der Waals surface area contributed by atoms with Gasteiger partial charge in [-0.3, -0.25) is 9.59 Å². The summed E-state index contributed by atoms with van der Waals surface area (Å²) in [4.78, 5) is 23.7. The number of rotatable bonds is 18. The summed E-state index contributed by atoms with van der Waals surface area (Å²) >= 11 is 0. The van der Waals surface area contributed by atoms with Crippen molar-refractivity contribution in [3.63, 3.8) is 0 Å². The van der Waals surface area contributed by atoms with Crippen LogP contribution in [0, 0.1) is 0 Å². The van der Waals surface area contributed by atoms with Gasteiger partial charge in [-0.1, -0.05) is 76.8 Å². The third kappa shape index (κ3) is 14.0. The lowest BCUT2D eigenvalue weighted by Gasteiger charge is -2.07. The molecule has 0 aliphatic rings. The van der Waals surface area contributed by atoms with Crippen LogP contribution in [0.1, 0.15) is 96.0 Å². The van der Waals surface area contributed by atoms with Crippen LogP contribution in [-0.2, 0) is 20.9 Å². The van der Waals surface area contributed by atoms with Gasteiger partial charge >= 0.3 is 5.97 Å². The normalized spacial score (nSPS) is 10.6. The second-order valence-corrected chi connectivity index (χ2v) is 7.88. The highest BCUT2D eigenvalue weighted by Crippen LogP contribution is 2.12. The summed E-state index contributed by atoms with van der Waals surface area (Å²) in [7, 11) is 1.62. The predicted octanol–water partition coefficient (Wildman–Crippen LogP) is 5.95. The van der Waals surface area contributed by atoms with Gasteiger partial charge < -0.3 is 14.8 Å². The molecule has 0 atom stereocenters. The molecule has 0 spiro atoms. The molecule has 0 radical (unpaired) electrons. The minimum absolute atomic E-state index is 0.0479. The Morgan fingerprint density at radius 3 is 2.00 bits per heavy atom. The van der Waals surface area contributed by atoms with E-state index in [0.29, 0.717) is 32.4 Å². The Balaban J connectivity index is 1.92. The first-order chi connectivity index (χ1) is 14.7. The zero-order chi connectivity index (χ0) is 21.9. The highest BCUT2D eigenvalue weighted by molar-refractivity contribution is 5.77. The lowest BCUT2D eigenvalue weighted by atomic mass is 10.1. The molecule has 0 bridgehead atoms. The average Bonchev–Trinajstić information content (AvgIpc) is 2.76. The lowest BCUT2D eigenvalue weighted by Crippen LogP contribution is -2.22. The van der Waals surface area contributed by atoms with Gasteiger partial charge in [0, 0.05) is 19.4 Å². The monoisotopic (exact) mass is 419 g/mol. The molecule has 0 unspecified atom stereocenters. The largest absolute Gasteiger partial charge is 0.497 e. The van der Waals surface area contributed by atoms with Crippen LogP contribution in [0.4, 0.5) is 0 Å². The first-order valence-electron chi connectivity index (χ1n) is 11.7. The van der Waals surface area contributed by atoms with Crippen LogP contribution < -0.4 is 10.1 Å². The van der Waals surface area contributed by atoms with Crippen molar-refractivity contribution in [3.05, 3.63) is 29.8 Å². The third-order valence-electron chi connectivity index (χ3n) is 5.19. The van der Waals surface area contributed by atoms with E-state index in [4.69, 9.17) is 9.47 Å². The van der Waals surface area contributed by atoms with Crippen molar-refractivity contribution >= 4 is 11.9 Å². The summed E-state index contributed by atoms with van der Waals surface area (Å²) in [5, 5.41) is 2.87. The Hall–Kier alpha value is -2.04. The highest BCUT2D eigenvalue weighted by Gasteiger charge is 2.06. The number of methoxy groups -OCH3 is 1. The molecule has 30 heavy (non-hydrogen) atoms. The maximum atomic E-state index is 11.9. The van der Waals surface area contributed by atoms with E-state index in [1.54, 1.807) is 7.11 Å². The minimum atomic E-state index is -0.200. The van der Waals surface area contributed by atoms with Crippen molar-refractivity contribution in [2.45, 2.75) is 96.9 Å². The fourth-order valence-corrected chi connectivity index (χ4v) is 3.27. The molecule has 0 saturated carbocycles. The van der Waals surface area contributed by atoms with Gasteiger partial charge in [0.05, 0.1) is 13.7 Å². The molecule has 1 aromatic rings. The van der Waals surface area contributed by atoms with Gasteiger partial charge in [-0.15, -0.1) is 0 Å². The standard InChI is InChI=1S/C25H41NO4/c1-3-4-5-6-7-8-9-10-11-12-20-30-25(28)15-13-14-24(27)26-21-22-16-18-23(29-2)19-17-22/h16-19H,3-15,20-21H2,1-2H3,(H,26,27). The van der Waals surface area contributed by atoms with E-state index in [0.717, 1.165) is 24.2 Å². The van der Waals surface area contributed by atoms with E-state index in [1.165, 1.54) is 51.4 Å². The number of ether oxygens (including phenoxy) is 2. The molecule has 1 amide bonds. The van der Waals surface area contributed by atoms with Crippen LogP contribution in [0.25, 0.3) is 0 Å². The second-order valence-electron chi connectivity index (χ2n) is 7.88. The van der Waals surface area contributed by atoms with Crippen LogP contribution in [-0.4, -0.2) is 25.6 Å². The summed E-state index contributed by atoms with van der Waals surface area (Å²) < 4.78 is 10.4. The molecule has 0 aromatic heterocycles. The predicted molar refractivity (Wildman–Crippen MR) is 121 cm³/mol. The Labute approximate surface area is 182 Å². The maximum absolute atomic E-state index is 11.9. The van der Waals surface area contributed by atoms with E-state index in [9.17, 15) is 9.59 Å². The molecular weight excluding hydrogens is 378 g/mol. The number of amides is 1. The molecule has 1 aromatic carbocycles. The Morgan fingerprint density at radius 1 is 0.800 bits per heavy atom. The summed E-state index contributed by atoms with van der Waals surface area (Å²) in [5.41, 5.74) is 1.01. The average molecular weight is 420 g/mol. The quantitative estimate of drug-likeness (QED) is 0.236. The van der Waals surface area contributed by atoms with Crippen molar-refractivity contribution in [1.82, 2.24) is 5.32 Å². The van der Waals surface area contributed by atoms with Crippen molar-refractivity contribution in [3.8, 4) is 5.75 Å². The Bertz CT molecular complexity index is 571. The summed E-state index contributed by atoms with van der Waals surface area (Å²) in [5.74, 6) is 0.545. The molecule has 0 aliphatic heterocycles. The number of nitrogens with one attached hydrogen (secondary N) is 1. The summed E-state index contributed by atoms with van der Waals surface area (Å²) in [6, 6.07) is 7.58. The maximum Gasteiger partial charge on any atom is 0.305 e. The number of unbranched alkanes of at least 4 members (excludes halogenated alkanes) is 9. The van der Waals surface area contributed by atoms with Gasteiger partial charge in [0.2, 0.25) is 5.91 Å². The fourth-order valence-electron chi connectivity index (χ4n) is 3.27. The van der Waals surface area contributed by atoms with Crippen molar-refractivity contribution in [2.24, 2.45) is 0 Å². The van der Waals surface area contributed by atoms with E-state index in [1.807, 2.05) is 24.3 Å². The zero-order valence-electron chi connectivity index (χ0n) is 19.0. The smallest absolute Gasteiger partial charge is 0.305 e. The fraction of sp³-hybridized carbons (Fsp3) is 0.680. The highest BCUT2D eigenvalue weighted by atomic mass is 16.5. The number of hydrogen-bond acceptors (Lipinski definition) is 4. The molecular formula is C25H41NO4. The number of carbonyl (C=O) groups excluding carboxylic acids is 2. The first kappa shape index (κ1) is 26.0. The number of carbonyl (C=O) groups is 2. The summed E-state index contributed by atoms with van der Waals surface area (Å²) in [6.07, 6.45) is 13.8. The van der Waals surface area contributed by atoms with Gasteiger partial charge in [0.25, 0.3) is 0 Å².